The quantitative estimate of drug-likeness (QED) is 0.743. The summed E-state index contributed by atoms with van der Waals surface area (Å²) in [5, 5.41) is 0. The van der Waals surface area contributed by atoms with Crippen molar-refractivity contribution in [2.24, 2.45) is 11.8 Å². The fourth-order valence-corrected chi connectivity index (χ4v) is 3.31. The lowest BCUT2D eigenvalue weighted by Gasteiger charge is -2.18. The molecule has 2 aliphatic carbocycles. The smallest absolute Gasteiger partial charge is 0.171 e. The molecule has 0 bridgehead atoms. The first-order valence-corrected chi connectivity index (χ1v) is 7.60. The second kappa shape index (κ2) is 5.27. The summed E-state index contributed by atoms with van der Waals surface area (Å²) in [7, 11) is 0. The van der Waals surface area contributed by atoms with Gasteiger partial charge in [-0.2, -0.15) is 0 Å². The number of carbonyl (C=O) groups excluding carboxylic acids is 1. The molecule has 1 heteroatoms. The molecule has 2 atom stereocenters. The summed E-state index contributed by atoms with van der Waals surface area (Å²) < 4.78 is 0. The number of hydrogen-bond acceptors (Lipinski definition) is 1. The van der Waals surface area contributed by atoms with Crippen LogP contribution in [-0.2, 0) is 0 Å². The van der Waals surface area contributed by atoms with E-state index in [0.29, 0.717) is 0 Å². The number of Topliss-reactive ketones (excluding diaryl/α,β-unsaturated/α-hetero) is 1. The second-order valence-corrected chi connectivity index (χ2v) is 5.73. The standard InChI is InChI=1S/C21H16O/c22-21-17-11-5-4-10-16(17)14-20(15-8-2-1-3-9-15)18-12-6-7-13-19(18)21/h1-14,16-17H. The molecule has 0 fully saturated rings. The van der Waals surface area contributed by atoms with E-state index < -0.39 is 0 Å². The van der Waals surface area contributed by atoms with Gasteiger partial charge < -0.3 is 0 Å². The highest BCUT2D eigenvalue weighted by Crippen LogP contribution is 2.37. The van der Waals surface area contributed by atoms with Crippen molar-refractivity contribution in [3.8, 4) is 0 Å². The predicted octanol–water partition coefficient (Wildman–Crippen LogP) is 4.67. The second-order valence-electron chi connectivity index (χ2n) is 5.73. The van der Waals surface area contributed by atoms with Gasteiger partial charge in [0.2, 0.25) is 0 Å². The Balaban J connectivity index is 1.97. The molecular weight excluding hydrogens is 268 g/mol. The van der Waals surface area contributed by atoms with Crippen molar-refractivity contribution in [1.82, 2.24) is 0 Å². The van der Waals surface area contributed by atoms with Crippen LogP contribution in [0.5, 0.6) is 0 Å². The summed E-state index contributed by atoms with van der Waals surface area (Å²) in [6.45, 7) is 0. The monoisotopic (exact) mass is 284 g/mol. The molecule has 0 spiro atoms. The third-order valence-electron chi connectivity index (χ3n) is 4.41. The minimum absolute atomic E-state index is 0.0904. The van der Waals surface area contributed by atoms with Gasteiger partial charge in [0, 0.05) is 11.5 Å². The Morgan fingerprint density at radius 3 is 2.23 bits per heavy atom. The van der Waals surface area contributed by atoms with Gasteiger partial charge in [0.25, 0.3) is 0 Å². The van der Waals surface area contributed by atoms with E-state index in [1.54, 1.807) is 0 Å². The van der Waals surface area contributed by atoms with Gasteiger partial charge in [-0.15, -0.1) is 0 Å². The highest BCUT2D eigenvalue weighted by molar-refractivity contribution is 6.06. The fraction of sp³-hybridized carbons (Fsp3) is 0.0952. The summed E-state index contributed by atoms with van der Waals surface area (Å²) in [4.78, 5) is 12.9. The lowest BCUT2D eigenvalue weighted by molar-refractivity contribution is 0.0932. The number of hydrogen-bond donors (Lipinski definition) is 0. The first kappa shape index (κ1) is 13.0. The molecule has 2 aliphatic rings. The normalized spacial score (nSPS) is 22.5. The topological polar surface area (TPSA) is 17.1 Å². The van der Waals surface area contributed by atoms with Crippen molar-refractivity contribution in [2.45, 2.75) is 0 Å². The molecule has 0 aromatic heterocycles. The van der Waals surface area contributed by atoms with Gasteiger partial charge in [-0.1, -0.05) is 85.0 Å². The number of carbonyl (C=O) groups is 1. The van der Waals surface area contributed by atoms with Crippen LogP contribution in [0.3, 0.4) is 0 Å². The van der Waals surface area contributed by atoms with Gasteiger partial charge in [0.1, 0.15) is 0 Å². The number of allylic oxidation sites excluding steroid dienone is 5. The zero-order chi connectivity index (χ0) is 14.9. The number of rotatable bonds is 1. The molecule has 0 amide bonds. The molecule has 0 heterocycles. The Labute approximate surface area is 130 Å². The SMILES string of the molecule is O=C1c2ccccc2C(c2ccccc2)=CC2C=CC=CC12. The Morgan fingerprint density at radius 2 is 1.41 bits per heavy atom. The summed E-state index contributed by atoms with van der Waals surface area (Å²) >= 11 is 0. The number of ketones is 1. The summed E-state index contributed by atoms with van der Waals surface area (Å²) in [5.41, 5.74) is 4.17. The van der Waals surface area contributed by atoms with Crippen LogP contribution in [0.25, 0.3) is 5.57 Å². The molecule has 2 aromatic carbocycles. The van der Waals surface area contributed by atoms with Gasteiger partial charge in [-0.25, -0.2) is 0 Å². The van der Waals surface area contributed by atoms with Crippen LogP contribution >= 0.6 is 0 Å². The molecular formula is C21H16O. The average molecular weight is 284 g/mol. The molecule has 2 unspecified atom stereocenters. The van der Waals surface area contributed by atoms with Gasteiger partial charge >= 0.3 is 0 Å². The third kappa shape index (κ3) is 2.06. The van der Waals surface area contributed by atoms with Crippen LogP contribution in [0.15, 0.2) is 85.0 Å². The van der Waals surface area contributed by atoms with Gasteiger partial charge in [-0.05, 0) is 16.7 Å². The largest absolute Gasteiger partial charge is 0.293 e. The van der Waals surface area contributed by atoms with E-state index in [1.807, 2.05) is 54.6 Å². The van der Waals surface area contributed by atoms with Crippen molar-refractivity contribution in [2.75, 3.05) is 0 Å². The predicted molar refractivity (Wildman–Crippen MR) is 89.6 cm³/mol. The fourth-order valence-electron chi connectivity index (χ4n) is 3.31. The van der Waals surface area contributed by atoms with Gasteiger partial charge in [0.15, 0.2) is 5.78 Å². The maximum Gasteiger partial charge on any atom is 0.171 e. The molecule has 0 radical (unpaired) electrons. The lowest BCUT2D eigenvalue weighted by Crippen LogP contribution is -2.20. The Kier molecular flexibility index (Phi) is 3.12. The Hall–Kier alpha value is -2.67. The van der Waals surface area contributed by atoms with Crippen molar-refractivity contribution < 1.29 is 4.79 Å². The van der Waals surface area contributed by atoms with Crippen LogP contribution in [0.1, 0.15) is 21.5 Å². The summed E-state index contributed by atoms with van der Waals surface area (Å²) in [5.74, 6) is 0.246. The molecule has 2 aromatic rings. The third-order valence-corrected chi connectivity index (χ3v) is 4.41. The van der Waals surface area contributed by atoms with Crippen LogP contribution < -0.4 is 0 Å². The van der Waals surface area contributed by atoms with E-state index in [1.165, 1.54) is 0 Å². The van der Waals surface area contributed by atoms with E-state index in [4.69, 9.17) is 0 Å². The summed E-state index contributed by atoms with van der Waals surface area (Å²) in [6, 6.07) is 18.3. The van der Waals surface area contributed by atoms with Gasteiger partial charge in [-0.3, -0.25) is 4.79 Å². The zero-order valence-electron chi connectivity index (χ0n) is 12.1. The molecule has 0 saturated carbocycles. The Morgan fingerprint density at radius 1 is 0.727 bits per heavy atom. The molecule has 1 nitrogen and oxygen atoms in total. The number of benzene rings is 2. The molecule has 22 heavy (non-hydrogen) atoms. The van der Waals surface area contributed by atoms with E-state index in [2.05, 4.69) is 30.4 Å². The summed E-state index contributed by atoms with van der Waals surface area (Å²) in [6.07, 6.45) is 10.4. The minimum atomic E-state index is -0.0904. The molecule has 0 saturated heterocycles. The minimum Gasteiger partial charge on any atom is -0.293 e. The highest BCUT2D eigenvalue weighted by Gasteiger charge is 2.31. The van der Waals surface area contributed by atoms with E-state index >= 15 is 0 Å². The van der Waals surface area contributed by atoms with Crippen molar-refractivity contribution in [3.63, 3.8) is 0 Å². The van der Waals surface area contributed by atoms with Crippen LogP contribution in [0.4, 0.5) is 0 Å². The Bertz CT molecular complexity index is 809. The van der Waals surface area contributed by atoms with Crippen molar-refractivity contribution >= 4 is 11.4 Å². The first-order valence-electron chi connectivity index (χ1n) is 7.60. The molecule has 106 valence electrons. The highest BCUT2D eigenvalue weighted by atomic mass is 16.1. The van der Waals surface area contributed by atoms with Crippen molar-refractivity contribution in [1.29, 1.82) is 0 Å². The zero-order valence-corrected chi connectivity index (χ0v) is 12.1. The number of fused-ring (bicyclic) bond motifs is 2. The molecule has 0 N–H and O–H groups in total. The van der Waals surface area contributed by atoms with E-state index in [0.717, 1.165) is 22.3 Å². The molecule has 4 rings (SSSR count). The van der Waals surface area contributed by atoms with Crippen LogP contribution in [0.2, 0.25) is 0 Å². The molecule has 0 aliphatic heterocycles. The maximum absolute atomic E-state index is 12.9. The first-order chi connectivity index (χ1) is 10.8. The van der Waals surface area contributed by atoms with Crippen molar-refractivity contribution in [3.05, 3.63) is 102 Å². The van der Waals surface area contributed by atoms with E-state index in [-0.39, 0.29) is 17.6 Å². The average Bonchev–Trinajstić information content (AvgIpc) is 2.72. The lowest BCUT2D eigenvalue weighted by atomic mass is 9.84. The van der Waals surface area contributed by atoms with E-state index in [9.17, 15) is 4.79 Å². The van der Waals surface area contributed by atoms with Gasteiger partial charge in [0.05, 0.1) is 5.92 Å². The van der Waals surface area contributed by atoms with Crippen LogP contribution in [-0.4, -0.2) is 5.78 Å². The van der Waals surface area contributed by atoms with Crippen LogP contribution in [0, 0.1) is 11.8 Å². The maximum atomic E-state index is 12.9.